The highest BCUT2D eigenvalue weighted by Gasteiger charge is 2.19. The summed E-state index contributed by atoms with van der Waals surface area (Å²) in [6, 6.07) is 4.98. The molecule has 120 valence electrons. The number of rotatable bonds is 6. The topological polar surface area (TPSA) is 104 Å². The number of carbonyl (C=O) groups is 2. The SMILES string of the molecule is O=C(O)c1ccc(S(=O)(=O)NCCN2CCCCC2=O)cc1. The number of hydrogen-bond donors (Lipinski definition) is 2. The Bertz CT molecular complexity index is 654. The molecule has 0 aromatic heterocycles. The number of amides is 1. The number of hydrogen-bond acceptors (Lipinski definition) is 4. The highest BCUT2D eigenvalue weighted by molar-refractivity contribution is 7.89. The molecule has 1 fully saturated rings. The summed E-state index contributed by atoms with van der Waals surface area (Å²) in [5.74, 6) is -1.06. The first kappa shape index (κ1) is 16.4. The van der Waals surface area contributed by atoms with Crippen LogP contribution in [0.5, 0.6) is 0 Å². The highest BCUT2D eigenvalue weighted by Crippen LogP contribution is 2.12. The Morgan fingerprint density at radius 1 is 1.23 bits per heavy atom. The Labute approximate surface area is 129 Å². The number of benzene rings is 1. The monoisotopic (exact) mass is 326 g/mol. The van der Waals surface area contributed by atoms with Gasteiger partial charge in [0, 0.05) is 26.1 Å². The first-order valence-electron chi connectivity index (χ1n) is 7.01. The van der Waals surface area contributed by atoms with Crippen molar-refractivity contribution in [3.63, 3.8) is 0 Å². The summed E-state index contributed by atoms with van der Waals surface area (Å²) in [6.45, 7) is 1.13. The molecule has 7 nitrogen and oxygen atoms in total. The van der Waals surface area contributed by atoms with Crippen molar-refractivity contribution in [2.45, 2.75) is 24.2 Å². The van der Waals surface area contributed by atoms with E-state index in [0.717, 1.165) is 12.8 Å². The van der Waals surface area contributed by atoms with Crippen LogP contribution < -0.4 is 4.72 Å². The van der Waals surface area contributed by atoms with E-state index in [1.807, 2.05) is 0 Å². The normalized spacial score (nSPS) is 15.8. The molecule has 8 heteroatoms. The summed E-state index contributed by atoms with van der Waals surface area (Å²) in [7, 11) is -3.70. The van der Waals surface area contributed by atoms with Crippen LogP contribution in [-0.2, 0) is 14.8 Å². The maximum atomic E-state index is 12.1. The van der Waals surface area contributed by atoms with Gasteiger partial charge in [0.15, 0.2) is 0 Å². The van der Waals surface area contributed by atoms with Gasteiger partial charge < -0.3 is 10.0 Å². The molecule has 1 aliphatic heterocycles. The Hall–Kier alpha value is -1.93. The number of carboxylic acid groups (broad SMARTS) is 1. The van der Waals surface area contributed by atoms with Crippen LogP contribution in [0.15, 0.2) is 29.2 Å². The zero-order valence-electron chi connectivity index (χ0n) is 12.0. The van der Waals surface area contributed by atoms with Crippen LogP contribution in [0, 0.1) is 0 Å². The van der Waals surface area contributed by atoms with E-state index in [-0.39, 0.29) is 22.9 Å². The standard InChI is InChI=1S/C14H18N2O5S/c17-13-3-1-2-9-16(13)10-8-15-22(20,21)12-6-4-11(5-7-12)14(18)19/h4-7,15H,1-3,8-10H2,(H,18,19). The van der Waals surface area contributed by atoms with Gasteiger partial charge in [0.05, 0.1) is 10.5 Å². The van der Waals surface area contributed by atoms with Gasteiger partial charge >= 0.3 is 5.97 Å². The van der Waals surface area contributed by atoms with Crippen molar-refractivity contribution in [2.75, 3.05) is 19.6 Å². The molecule has 0 radical (unpaired) electrons. The molecular weight excluding hydrogens is 308 g/mol. The first-order valence-corrected chi connectivity index (χ1v) is 8.49. The lowest BCUT2D eigenvalue weighted by Crippen LogP contribution is -2.41. The molecule has 0 unspecified atom stereocenters. The van der Waals surface area contributed by atoms with Crippen LogP contribution in [0.2, 0.25) is 0 Å². The first-order chi connectivity index (χ1) is 10.4. The molecule has 2 N–H and O–H groups in total. The molecule has 22 heavy (non-hydrogen) atoms. The highest BCUT2D eigenvalue weighted by atomic mass is 32.2. The Kier molecular flexibility index (Phi) is 5.15. The van der Waals surface area contributed by atoms with E-state index >= 15 is 0 Å². The molecule has 2 rings (SSSR count). The second-order valence-electron chi connectivity index (χ2n) is 5.07. The Morgan fingerprint density at radius 2 is 1.91 bits per heavy atom. The van der Waals surface area contributed by atoms with Crippen molar-refractivity contribution < 1.29 is 23.1 Å². The molecule has 0 spiro atoms. The lowest BCUT2D eigenvalue weighted by atomic mass is 10.1. The summed E-state index contributed by atoms with van der Waals surface area (Å²) in [6.07, 6.45) is 2.34. The smallest absolute Gasteiger partial charge is 0.335 e. The third-order valence-corrected chi connectivity index (χ3v) is 4.98. The molecule has 1 amide bonds. The molecule has 0 saturated carbocycles. The van der Waals surface area contributed by atoms with Crippen LogP contribution >= 0.6 is 0 Å². The molecule has 0 bridgehead atoms. The molecule has 1 aromatic rings. The van der Waals surface area contributed by atoms with Crippen LogP contribution in [0.25, 0.3) is 0 Å². The third-order valence-electron chi connectivity index (χ3n) is 3.51. The van der Waals surface area contributed by atoms with Gasteiger partial charge in [0.1, 0.15) is 0 Å². The lowest BCUT2D eigenvalue weighted by Gasteiger charge is -2.26. The molecule has 0 aliphatic carbocycles. The number of carbonyl (C=O) groups excluding carboxylic acids is 1. The number of piperidine rings is 1. The number of carboxylic acids is 1. The molecule has 1 heterocycles. The predicted molar refractivity (Wildman–Crippen MR) is 79.0 cm³/mol. The number of sulfonamides is 1. The molecule has 1 aliphatic rings. The second-order valence-corrected chi connectivity index (χ2v) is 6.83. The van der Waals surface area contributed by atoms with E-state index in [1.54, 1.807) is 4.90 Å². The summed E-state index contributed by atoms with van der Waals surface area (Å²) in [4.78, 5) is 24.0. The van der Waals surface area contributed by atoms with E-state index < -0.39 is 16.0 Å². The summed E-state index contributed by atoms with van der Waals surface area (Å²) >= 11 is 0. The van der Waals surface area contributed by atoms with Gasteiger partial charge in [-0.1, -0.05) is 0 Å². The fourth-order valence-corrected chi connectivity index (χ4v) is 3.29. The molecule has 1 saturated heterocycles. The quantitative estimate of drug-likeness (QED) is 0.800. The number of nitrogens with zero attached hydrogens (tertiary/aromatic N) is 1. The average Bonchev–Trinajstić information content (AvgIpc) is 2.49. The largest absolute Gasteiger partial charge is 0.478 e. The summed E-state index contributed by atoms with van der Waals surface area (Å²) < 4.78 is 26.6. The number of aromatic carboxylic acids is 1. The number of nitrogens with one attached hydrogen (secondary N) is 1. The van der Waals surface area contributed by atoms with E-state index in [2.05, 4.69) is 4.72 Å². The van der Waals surface area contributed by atoms with Gasteiger partial charge in [-0.15, -0.1) is 0 Å². The van der Waals surface area contributed by atoms with Crippen LogP contribution in [0.4, 0.5) is 0 Å². The van der Waals surface area contributed by atoms with Crippen molar-refractivity contribution in [1.29, 1.82) is 0 Å². The molecule has 1 aromatic carbocycles. The van der Waals surface area contributed by atoms with Gasteiger partial charge in [-0.25, -0.2) is 17.9 Å². The van der Waals surface area contributed by atoms with Gasteiger partial charge in [-0.3, -0.25) is 4.79 Å². The fraction of sp³-hybridized carbons (Fsp3) is 0.429. The average molecular weight is 326 g/mol. The Morgan fingerprint density at radius 3 is 2.50 bits per heavy atom. The minimum absolute atomic E-state index is 0.00229. The van der Waals surface area contributed by atoms with Crippen LogP contribution in [0.1, 0.15) is 29.6 Å². The molecular formula is C14H18N2O5S. The second kappa shape index (κ2) is 6.89. The lowest BCUT2D eigenvalue weighted by molar-refractivity contribution is -0.133. The van der Waals surface area contributed by atoms with Crippen molar-refractivity contribution in [2.24, 2.45) is 0 Å². The molecule has 0 atom stereocenters. The Balaban J connectivity index is 1.93. The van der Waals surface area contributed by atoms with E-state index in [4.69, 9.17) is 5.11 Å². The van der Waals surface area contributed by atoms with Gasteiger partial charge in [0.2, 0.25) is 15.9 Å². The van der Waals surface area contributed by atoms with Crippen molar-refractivity contribution in [1.82, 2.24) is 9.62 Å². The minimum Gasteiger partial charge on any atom is -0.478 e. The zero-order chi connectivity index (χ0) is 16.2. The van der Waals surface area contributed by atoms with E-state index in [9.17, 15) is 18.0 Å². The van der Waals surface area contributed by atoms with Gasteiger partial charge in [-0.2, -0.15) is 0 Å². The summed E-state index contributed by atoms with van der Waals surface area (Å²) in [5.41, 5.74) is 0.0258. The van der Waals surface area contributed by atoms with Crippen molar-refractivity contribution in [3.8, 4) is 0 Å². The van der Waals surface area contributed by atoms with Crippen molar-refractivity contribution >= 4 is 21.9 Å². The van der Waals surface area contributed by atoms with Gasteiger partial charge in [-0.05, 0) is 37.1 Å². The van der Waals surface area contributed by atoms with Crippen molar-refractivity contribution in [3.05, 3.63) is 29.8 Å². The third kappa shape index (κ3) is 4.05. The fourth-order valence-electron chi connectivity index (χ4n) is 2.27. The van der Waals surface area contributed by atoms with Crippen LogP contribution in [0.3, 0.4) is 0 Å². The zero-order valence-corrected chi connectivity index (χ0v) is 12.8. The summed E-state index contributed by atoms with van der Waals surface area (Å²) in [5, 5.41) is 8.79. The minimum atomic E-state index is -3.70. The maximum Gasteiger partial charge on any atom is 0.335 e. The van der Waals surface area contributed by atoms with E-state index in [0.29, 0.717) is 19.5 Å². The van der Waals surface area contributed by atoms with Crippen LogP contribution in [-0.4, -0.2) is 49.9 Å². The van der Waals surface area contributed by atoms with Gasteiger partial charge in [0.25, 0.3) is 0 Å². The van der Waals surface area contributed by atoms with E-state index in [1.165, 1.54) is 24.3 Å². The predicted octanol–water partition coefficient (Wildman–Crippen LogP) is 0.676. The maximum absolute atomic E-state index is 12.1. The number of likely N-dealkylation sites (tertiary alicyclic amines) is 1.